The van der Waals surface area contributed by atoms with Crippen LogP contribution in [0.4, 0.5) is 5.69 Å². The van der Waals surface area contributed by atoms with Crippen LogP contribution in [0.15, 0.2) is 24.3 Å². The maximum absolute atomic E-state index is 10.6. The molecule has 0 atom stereocenters. The number of halogens is 2. The Morgan fingerprint density at radius 2 is 2.06 bits per heavy atom. The molecule has 1 aromatic carbocycles. The highest BCUT2D eigenvalue weighted by Crippen LogP contribution is 2.27. The monoisotopic (exact) mass is 286 g/mol. The van der Waals surface area contributed by atoms with Crippen LogP contribution < -0.4 is 4.74 Å². The van der Waals surface area contributed by atoms with Gasteiger partial charge in [-0.25, -0.2) is 0 Å². The molecule has 92 valence electrons. The smallest absolute Gasteiger partial charge is 0.273 e. The summed E-state index contributed by atoms with van der Waals surface area (Å²) in [6.45, 7) is 0. The minimum atomic E-state index is -0.542. The molecule has 2 rings (SSSR count). The van der Waals surface area contributed by atoms with Crippen molar-refractivity contribution in [2.45, 2.75) is 0 Å². The van der Waals surface area contributed by atoms with E-state index in [1.165, 1.54) is 24.3 Å². The third kappa shape index (κ3) is 2.82. The Bertz CT molecular complexity index is 608. The average molecular weight is 287 g/mol. The van der Waals surface area contributed by atoms with Gasteiger partial charge in [-0.15, -0.1) is 10.2 Å². The minimum absolute atomic E-state index is 0.0721. The number of nitrogens with zero attached hydrogens (tertiary/aromatic N) is 4. The maximum Gasteiger partial charge on any atom is 0.273 e. The van der Waals surface area contributed by atoms with Gasteiger partial charge in [-0.3, -0.25) is 10.1 Å². The molecule has 9 heteroatoms. The first-order chi connectivity index (χ1) is 8.56. The van der Waals surface area contributed by atoms with Crippen LogP contribution in [-0.2, 0) is 0 Å². The fraction of sp³-hybridized carbons (Fsp3) is 0. The van der Waals surface area contributed by atoms with E-state index in [0.29, 0.717) is 0 Å². The third-order valence-electron chi connectivity index (χ3n) is 1.83. The molecule has 0 N–H and O–H groups in total. The van der Waals surface area contributed by atoms with Crippen LogP contribution in [-0.4, -0.2) is 20.1 Å². The number of hydrogen-bond donors (Lipinski definition) is 0. The SMILES string of the molecule is O=[N+]([O-])c1cccc(Oc2nc(Cl)nnc2Cl)c1. The Morgan fingerprint density at radius 1 is 1.28 bits per heavy atom. The Morgan fingerprint density at radius 3 is 2.78 bits per heavy atom. The van der Waals surface area contributed by atoms with Gasteiger partial charge >= 0.3 is 0 Å². The van der Waals surface area contributed by atoms with Crippen molar-refractivity contribution in [3.05, 3.63) is 44.8 Å². The van der Waals surface area contributed by atoms with Gasteiger partial charge in [0.1, 0.15) is 5.75 Å². The minimum Gasteiger partial charge on any atom is -0.436 e. The van der Waals surface area contributed by atoms with Crippen LogP contribution in [0.25, 0.3) is 0 Å². The van der Waals surface area contributed by atoms with E-state index in [4.69, 9.17) is 27.9 Å². The fourth-order valence-corrected chi connectivity index (χ4v) is 1.35. The Kier molecular flexibility index (Phi) is 3.54. The number of nitro groups is 1. The van der Waals surface area contributed by atoms with E-state index in [2.05, 4.69) is 15.2 Å². The largest absolute Gasteiger partial charge is 0.436 e. The van der Waals surface area contributed by atoms with Crippen molar-refractivity contribution in [1.82, 2.24) is 15.2 Å². The van der Waals surface area contributed by atoms with Crippen molar-refractivity contribution in [3.63, 3.8) is 0 Å². The van der Waals surface area contributed by atoms with Crippen molar-refractivity contribution >= 4 is 28.9 Å². The molecule has 7 nitrogen and oxygen atoms in total. The normalized spacial score (nSPS) is 10.1. The van der Waals surface area contributed by atoms with Crippen LogP contribution in [0, 0.1) is 10.1 Å². The zero-order valence-corrected chi connectivity index (χ0v) is 10.1. The first-order valence-electron chi connectivity index (χ1n) is 4.54. The lowest BCUT2D eigenvalue weighted by molar-refractivity contribution is -0.384. The topological polar surface area (TPSA) is 91.0 Å². The number of benzene rings is 1. The molecule has 0 unspecified atom stereocenters. The Labute approximate surface area is 110 Å². The molecule has 0 amide bonds. The second kappa shape index (κ2) is 5.11. The molecule has 18 heavy (non-hydrogen) atoms. The van der Waals surface area contributed by atoms with Crippen molar-refractivity contribution in [2.24, 2.45) is 0 Å². The summed E-state index contributed by atoms with van der Waals surface area (Å²) in [5, 5.41) is 17.3. The van der Waals surface area contributed by atoms with Crippen molar-refractivity contribution < 1.29 is 9.66 Å². The molecular formula is C9H4Cl2N4O3. The molecule has 0 aliphatic carbocycles. The van der Waals surface area contributed by atoms with Crippen LogP contribution >= 0.6 is 23.2 Å². The fourth-order valence-electron chi connectivity index (χ4n) is 1.12. The Hall–Kier alpha value is -1.99. The number of rotatable bonds is 3. The van der Waals surface area contributed by atoms with Crippen molar-refractivity contribution in [1.29, 1.82) is 0 Å². The van der Waals surface area contributed by atoms with Gasteiger partial charge in [0.05, 0.1) is 11.0 Å². The van der Waals surface area contributed by atoms with Gasteiger partial charge in [0.15, 0.2) is 0 Å². The summed E-state index contributed by atoms with van der Waals surface area (Å²) >= 11 is 11.2. The molecule has 1 heterocycles. The van der Waals surface area contributed by atoms with E-state index in [1.54, 1.807) is 0 Å². The molecule has 0 saturated heterocycles. The lowest BCUT2D eigenvalue weighted by Crippen LogP contribution is -1.95. The van der Waals surface area contributed by atoms with Crippen molar-refractivity contribution in [3.8, 4) is 11.6 Å². The van der Waals surface area contributed by atoms with E-state index in [-0.39, 0.29) is 27.8 Å². The molecule has 0 saturated carbocycles. The van der Waals surface area contributed by atoms with E-state index in [9.17, 15) is 10.1 Å². The van der Waals surface area contributed by atoms with Crippen LogP contribution in [0.3, 0.4) is 0 Å². The zero-order chi connectivity index (χ0) is 13.1. The highest BCUT2D eigenvalue weighted by atomic mass is 35.5. The van der Waals surface area contributed by atoms with Gasteiger partial charge in [-0.1, -0.05) is 17.7 Å². The second-order valence-electron chi connectivity index (χ2n) is 3.03. The number of non-ortho nitro benzene ring substituents is 1. The van der Waals surface area contributed by atoms with E-state index < -0.39 is 4.92 Å². The number of nitro benzene ring substituents is 1. The molecule has 0 bridgehead atoms. The zero-order valence-electron chi connectivity index (χ0n) is 8.58. The van der Waals surface area contributed by atoms with E-state index in [0.717, 1.165) is 0 Å². The summed E-state index contributed by atoms with van der Waals surface area (Å²) in [6.07, 6.45) is 0. The lowest BCUT2D eigenvalue weighted by atomic mass is 10.3. The molecule has 2 aromatic rings. The average Bonchev–Trinajstić information content (AvgIpc) is 2.34. The summed E-state index contributed by atoms with van der Waals surface area (Å²) in [4.78, 5) is 13.8. The lowest BCUT2D eigenvalue weighted by Gasteiger charge is -2.04. The first kappa shape index (κ1) is 12.5. The van der Waals surface area contributed by atoms with Gasteiger partial charge in [-0.05, 0) is 17.7 Å². The molecule has 0 aliphatic heterocycles. The summed E-state index contributed by atoms with van der Waals surface area (Å²) in [5.74, 6) is 0.125. The third-order valence-corrected chi connectivity index (χ3v) is 2.23. The summed E-state index contributed by atoms with van der Waals surface area (Å²) in [6, 6.07) is 5.54. The summed E-state index contributed by atoms with van der Waals surface area (Å²) in [5.41, 5.74) is -0.114. The Balaban J connectivity index is 2.31. The summed E-state index contributed by atoms with van der Waals surface area (Å²) in [7, 11) is 0. The van der Waals surface area contributed by atoms with Gasteiger partial charge in [0.25, 0.3) is 11.6 Å². The maximum atomic E-state index is 10.6. The van der Waals surface area contributed by atoms with E-state index in [1.807, 2.05) is 0 Å². The van der Waals surface area contributed by atoms with Gasteiger partial charge in [0, 0.05) is 6.07 Å². The molecule has 1 aromatic heterocycles. The molecule has 0 fully saturated rings. The van der Waals surface area contributed by atoms with Gasteiger partial charge in [-0.2, -0.15) is 4.98 Å². The van der Waals surface area contributed by atoms with Gasteiger partial charge < -0.3 is 4.74 Å². The highest BCUT2D eigenvalue weighted by Gasteiger charge is 2.11. The molecule has 0 spiro atoms. The summed E-state index contributed by atoms with van der Waals surface area (Å²) < 4.78 is 5.25. The van der Waals surface area contributed by atoms with Crippen LogP contribution in [0.2, 0.25) is 10.4 Å². The number of aromatic nitrogens is 3. The molecule has 0 radical (unpaired) electrons. The number of hydrogen-bond acceptors (Lipinski definition) is 6. The van der Waals surface area contributed by atoms with Crippen molar-refractivity contribution in [2.75, 3.05) is 0 Å². The van der Waals surface area contributed by atoms with Crippen LogP contribution in [0.5, 0.6) is 11.6 Å². The first-order valence-corrected chi connectivity index (χ1v) is 5.30. The predicted octanol–water partition coefficient (Wildman–Crippen LogP) is 2.88. The predicted molar refractivity (Wildman–Crippen MR) is 63.0 cm³/mol. The number of ether oxygens (including phenoxy) is 1. The molecular weight excluding hydrogens is 283 g/mol. The standard InChI is InChI=1S/C9H4Cl2N4O3/c10-7-8(12-9(11)14-13-7)18-6-3-1-2-5(4-6)15(16)17/h1-4H. The second-order valence-corrected chi connectivity index (χ2v) is 3.73. The quantitative estimate of drug-likeness (QED) is 0.636. The molecule has 0 aliphatic rings. The van der Waals surface area contributed by atoms with E-state index >= 15 is 0 Å². The highest BCUT2D eigenvalue weighted by molar-refractivity contribution is 6.31. The van der Waals surface area contributed by atoms with Gasteiger partial charge in [0.2, 0.25) is 10.4 Å². The van der Waals surface area contributed by atoms with Crippen LogP contribution in [0.1, 0.15) is 0 Å².